The van der Waals surface area contributed by atoms with E-state index < -0.39 is 0 Å². The summed E-state index contributed by atoms with van der Waals surface area (Å²) in [5.41, 5.74) is 8.68. The van der Waals surface area contributed by atoms with Crippen LogP contribution in [0.2, 0.25) is 0 Å². The minimum Gasteiger partial charge on any atom is -0.508 e. The highest BCUT2D eigenvalue weighted by Gasteiger charge is 2.11. The van der Waals surface area contributed by atoms with Gasteiger partial charge in [0.15, 0.2) is 0 Å². The first-order valence-corrected chi connectivity index (χ1v) is 13.3. The molecule has 0 aliphatic heterocycles. The number of allylic oxidation sites excluding steroid dienone is 3. The molecule has 3 nitrogen and oxygen atoms in total. The maximum atomic E-state index is 9.40. The number of hydrogen-bond acceptors (Lipinski definition) is 3. The van der Waals surface area contributed by atoms with Gasteiger partial charge in [0.25, 0.3) is 0 Å². The SMILES string of the molecule is C=C(C)Cc1ccc(C)c(C)c1.C=CC(C)C(C)c1ccc(O)c(C)c1.CC=N/C(=C\C)CCN(C)C. The third-order valence-corrected chi connectivity index (χ3v) is 6.43. The Bertz CT molecular complexity index is 1030. The zero-order valence-electron chi connectivity index (χ0n) is 25.2. The lowest BCUT2D eigenvalue weighted by molar-refractivity contribution is 0.412. The number of nitrogens with zero attached hydrogens (tertiary/aromatic N) is 2. The Kier molecular flexibility index (Phi) is 16.9. The van der Waals surface area contributed by atoms with Gasteiger partial charge >= 0.3 is 0 Å². The van der Waals surface area contributed by atoms with Crippen LogP contribution in [-0.2, 0) is 6.42 Å². The van der Waals surface area contributed by atoms with Crippen LogP contribution in [0.4, 0.5) is 0 Å². The molecule has 0 saturated heterocycles. The van der Waals surface area contributed by atoms with Crippen molar-refractivity contribution in [2.45, 2.75) is 74.1 Å². The standard InChI is InChI=1S/C13H18O.C12H16.C9H18N2/c1-5-9(2)11(4)12-6-7-13(14)10(3)8-12;1-9(2)7-12-6-5-10(3)11(4)8-12;1-5-9(10-6-2)7-8-11(3)4/h5-9,11,14H,1H2,2-4H3;5-6,8H,1,7H2,2-4H3;5-6H,7-8H2,1-4H3/b;;9-5-,10-6?. The summed E-state index contributed by atoms with van der Waals surface area (Å²) in [5.74, 6) is 1.28. The van der Waals surface area contributed by atoms with Gasteiger partial charge in [0.1, 0.15) is 5.75 Å². The fraction of sp³-hybridized carbons (Fsp3) is 0.441. The van der Waals surface area contributed by atoms with E-state index in [1.165, 1.54) is 33.5 Å². The molecule has 2 rings (SSSR count). The van der Waals surface area contributed by atoms with Crippen molar-refractivity contribution in [3.05, 3.63) is 101 Å². The second-order valence-electron chi connectivity index (χ2n) is 10.2. The Labute approximate surface area is 228 Å². The summed E-state index contributed by atoms with van der Waals surface area (Å²) in [7, 11) is 4.14. The predicted molar refractivity (Wildman–Crippen MR) is 166 cm³/mol. The first-order chi connectivity index (χ1) is 17.4. The molecule has 2 atom stereocenters. The molecule has 204 valence electrons. The number of hydrogen-bond donors (Lipinski definition) is 1. The first kappa shape index (κ1) is 34.1. The molecule has 0 aliphatic carbocycles. The van der Waals surface area contributed by atoms with Gasteiger partial charge in [-0.05, 0) is 108 Å². The van der Waals surface area contributed by atoms with Gasteiger partial charge in [-0.15, -0.1) is 6.58 Å². The molecule has 37 heavy (non-hydrogen) atoms. The van der Waals surface area contributed by atoms with Gasteiger partial charge in [0, 0.05) is 24.9 Å². The van der Waals surface area contributed by atoms with Crippen LogP contribution >= 0.6 is 0 Å². The summed E-state index contributed by atoms with van der Waals surface area (Å²) >= 11 is 0. The van der Waals surface area contributed by atoms with Crippen LogP contribution in [0.25, 0.3) is 0 Å². The van der Waals surface area contributed by atoms with E-state index in [-0.39, 0.29) is 0 Å². The van der Waals surface area contributed by atoms with E-state index in [4.69, 9.17) is 0 Å². The Balaban J connectivity index is 0.000000530. The Morgan fingerprint density at radius 3 is 2.11 bits per heavy atom. The van der Waals surface area contributed by atoms with Crippen LogP contribution in [0, 0.1) is 26.7 Å². The third-order valence-electron chi connectivity index (χ3n) is 6.43. The number of rotatable bonds is 9. The van der Waals surface area contributed by atoms with E-state index in [0.717, 1.165) is 24.9 Å². The molecule has 0 amide bonds. The molecule has 0 saturated carbocycles. The molecule has 0 spiro atoms. The van der Waals surface area contributed by atoms with E-state index in [1.54, 1.807) is 6.07 Å². The second kappa shape index (κ2) is 18.4. The minimum atomic E-state index is 0.368. The van der Waals surface area contributed by atoms with Crippen LogP contribution in [-0.4, -0.2) is 36.9 Å². The lowest BCUT2D eigenvalue weighted by Crippen LogP contribution is -2.13. The van der Waals surface area contributed by atoms with Crippen LogP contribution in [0.15, 0.2) is 78.0 Å². The van der Waals surface area contributed by atoms with Crippen molar-refractivity contribution >= 4 is 6.21 Å². The van der Waals surface area contributed by atoms with Gasteiger partial charge in [0.2, 0.25) is 0 Å². The Morgan fingerprint density at radius 2 is 1.65 bits per heavy atom. The van der Waals surface area contributed by atoms with Gasteiger partial charge < -0.3 is 10.0 Å². The predicted octanol–water partition coefficient (Wildman–Crippen LogP) is 8.98. The maximum Gasteiger partial charge on any atom is 0.118 e. The fourth-order valence-electron chi connectivity index (χ4n) is 3.52. The van der Waals surface area contributed by atoms with Gasteiger partial charge in [-0.2, -0.15) is 0 Å². The highest BCUT2D eigenvalue weighted by atomic mass is 16.3. The molecular weight excluding hydrogens is 452 g/mol. The third kappa shape index (κ3) is 14.4. The molecule has 2 aromatic rings. The Morgan fingerprint density at radius 1 is 1.00 bits per heavy atom. The lowest BCUT2D eigenvalue weighted by Gasteiger charge is -2.17. The highest BCUT2D eigenvalue weighted by molar-refractivity contribution is 5.55. The van der Waals surface area contributed by atoms with E-state index in [1.807, 2.05) is 45.2 Å². The summed E-state index contributed by atoms with van der Waals surface area (Å²) in [6.07, 6.45) is 7.90. The summed E-state index contributed by atoms with van der Waals surface area (Å²) in [5, 5.41) is 9.40. The van der Waals surface area contributed by atoms with Crippen molar-refractivity contribution in [2.75, 3.05) is 20.6 Å². The molecule has 1 N–H and O–H groups in total. The quantitative estimate of drug-likeness (QED) is 0.273. The van der Waals surface area contributed by atoms with Gasteiger partial charge in [-0.3, -0.25) is 4.99 Å². The van der Waals surface area contributed by atoms with E-state index >= 15 is 0 Å². The van der Waals surface area contributed by atoms with Crippen molar-refractivity contribution in [3.8, 4) is 5.75 Å². The number of phenols is 1. The zero-order valence-corrected chi connectivity index (χ0v) is 25.2. The average molecular weight is 505 g/mol. The summed E-state index contributed by atoms with van der Waals surface area (Å²) in [4.78, 5) is 6.39. The molecule has 2 unspecified atom stereocenters. The molecule has 0 radical (unpaired) electrons. The molecule has 0 fully saturated rings. The largest absolute Gasteiger partial charge is 0.508 e. The summed E-state index contributed by atoms with van der Waals surface area (Å²) in [6, 6.07) is 12.4. The van der Waals surface area contributed by atoms with E-state index in [2.05, 4.69) is 96.0 Å². The molecule has 0 aromatic heterocycles. The lowest BCUT2D eigenvalue weighted by atomic mass is 9.88. The monoisotopic (exact) mass is 504 g/mol. The van der Waals surface area contributed by atoms with Gasteiger partial charge in [0.05, 0.1) is 0 Å². The molecule has 2 aromatic carbocycles. The number of aliphatic imine (C=N–C) groups is 1. The van der Waals surface area contributed by atoms with E-state index in [0.29, 0.717) is 17.6 Å². The minimum absolute atomic E-state index is 0.368. The van der Waals surface area contributed by atoms with E-state index in [9.17, 15) is 5.11 Å². The van der Waals surface area contributed by atoms with Crippen molar-refractivity contribution < 1.29 is 5.11 Å². The molecule has 3 heteroatoms. The smallest absolute Gasteiger partial charge is 0.118 e. The van der Waals surface area contributed by atoms with Crippen molar-refractivity contribution in [1.29, 1.82) is 0 Å². The Hall–Kier alpha value is -2.91. The molecule has 0 aliphatic rings. The zero-order chi connectivity index (χ0) is 28.5. The summed E-state index contributed by atoms with van der Waals surface area (Å²) < 4.78 is 0. The first-order valence-electron chi connectivity index (χ1n) is 13.3. The van der Waals surface area contributed by atoms with Crippen molar-refractivity contribution in [3.63, 3.8) is 0 Å². The van der Waals surface area contributed by atoms with Crippen LogP contribution in [0.1, 0.15) is 74.8 Å². The maximum absolute atomic E-state index is 9.40. The number of phenolic OH excluding ortho intramolecular Hbond substituents is 1. The van der Waals surface area contributed by atoms with Crippen LogP contribution < -0.4 is 0 Å². The number of benzene rings is 2. The summed E-state index contributed by atoms with van der Waals surface area (Å²) in [6.45, 7) is 25.3. The van der Waals surface area contributed by atoms with Crippen LogP contribution in [0.3, 0.4) is 0 Å². The number of aryl methyl sites for hydroxylation is 3. The second-order valence-corrected chi connectivity index (χ2v) is 10.2. The number of aromatic hydroxyl groups is 1. The fourth-order valence-corrected chi connectivity index (χ4v) is 3.52. The van der Waals surface area contributed by atoms with Crippen molar-refractivity contribution in [2.24, 2.45) is 10.9 Å². The van der Waals surface area contributed by atoms with Crippen molar-refractivity contribution in [1.82, 2.24) is 4.90 Å². The molecule has 0 heterocycles. The average Bonchev–Trinajstić information content (AvgIpc) is 2.85. The van der Waals surface area contributed by atoms with Gasteiger partial charge in [-0.1, -0.05) is 68.5 Å². The normalized spacial score (nSPS) is 12.8. The topological polar surface area (TPSA) is 35.8 Å². The van der Waals surface area contributed by atoms with Crippen LogP contribution in [0.5, 0.6) is 5.75 Å². The molecule has 0 bridgehead atoms. The van der Waals surface area contributed by atoms with Gasteiger partial charge in [-0.25, -0.2) is 0 Å². The highest BCUT2D eigenvalue weighted by Crippen LogP contribution is 2.28. The molecular formula is C34H52N2O.